The molecule has 2 aliphatic rings. The quantitative estimate of drug-likeness (QED) is 0.820. The number of halogens is 1. The minimum absolute atomic E-state index is 0.248. The lowest BCUT2D eigenvalue weighted by atomic mass is 9.88. The molecular formula is C14H18FNO. The zero-order chi connectivity index (χ0) is 11.9. The average molecular weight is 235 g/mol. The van der Waals surface area contributed by atoms with Gasteiger partial charge in [-0.05, 0) is 49.3 Å². The summed E-state index contributed by atoms with van der Waals surface area (Å²) in [6, 6.07) is 6.87. The molecule has 0 heterocycles. The smallest absolute Gasteiger partial charge is 0.123 e. The van der Waals surface area contributed by atoms with Crippen molar-refractivity contribution in [2.24, 2.45) is 5.92 Å². The Morgan fingerprint density at radius 3 is 2.35 bits per heavy atom. The molecule has 1 atom stereocenters. The van der Waals surface area contributed by atoms with Crippen molar-refractivity contribution in [1.29, 1.82) is 0 Å². The van der Waals surface area contributed by atoms with Gasteiger partial charge in [0.25, 0.3) is 0 Å². The van der Waals surface area contributed by atoms with Gasteiger partial charge in [-0.3, -0.25) is 0 Å². The third kappa shape index (κ3) is 2.35. The Balaban J connectivity index is 1.79. The fourth-order valence-electron chi connectivity index (χ4n) is 2.37. The fraction of sp³-hybridized carbons (Fsp3) is 0.571. The molecule has 0 aliphatic heterocycles. The SMILES string of the molecule is OC(CNC1CC1)(c1ccc(F)cc1)C1CC1. The van der Waals surface area contributed by atoms with Crippen molar-refractivity contribution in [2.45, 2.75) is 37.3 Å². The van der Waals surface area contributed by atoms with Crippen LogP contribution in [0.5, 0.6) is 0 Å². The van der Waals surface area contributed by atoms with Gasteiger partial charge in [-0.1, -0.05) is 12.1 Å². The molecule has 3 rings (SSSR count). The van der Waals surface area contributed by atoms with E-state index in [-0.39, 0.29) is 5.82 Å². The van der Waals surface area contributed by atoms with Crippen molar-refractivity contribution in [3.8, 4) is 0 Å². The van der Waals surface area contributed by atoms with E-state index < -0.39 is 5.60 Å². The molecule has 2 aliphatic carbocycles. The molecule has 0 saturated heterocycles. The first-order valence-electron chi connectivity index (χ1n) is 6.40. The Kier molecular flexibility index (Phi) is 2.68. The van der Waals surface area contributed by atoms with Crippen molar-refractivity contribution < 1.29 is 9.50 Å². The Morgan fingerprint density at radius 1 is 1.18 bits per heavy atom. The van der Waals surface area contributed by atoms with Crippen LogP contribution >= 0.6 is 0 Å². The van der Waals surface area contributed by atoms with E-state index in [0.29, 0.717) is 18.5 Å². The second kappa shape index (κ2) is 4.07. The van der Waals surface area contributed by atoms with Crippen LogP contribution in [-0.4, -0.2) is 17.7 Å². The molecule has 2 fully saturated rings. The average Bonchev–Trinajstić information content (AvgIpc) is 3.18. The van der Waals surface area contributed by atoms with Gasteiger partial charge in [-0.2, -0.15) is 0 Å². The zero-order valence-electron chi connectivity index (χ0n) is 9.82. The second-order valence-electron chi connectivity index (χ2n) is 5.36. The highest BCUT2D eigenvalue weighted by molar-refractivity contribution is 5.26. The Morgan fingerprint density at radius 2 is 1.82 bits per heavy atom. The van der Waals surface area contributed by atoms with Crippen molar-refractivity contribution in [2.75, 3.05) is 6.54 Å². The van der Waals surface area contributed by atoms with Gasteiger partial charge in [-0.15, -0.1) is 0 Å². The summed E-state index contributed by atoms with van der Waals surface area (Å²) < 4.78 is 12.9. The maximum Gasteiger partial charge on any atom is 0.123 e. The highest BCUT2D eigenvalue weighted by atomic mass is 19.1. The topological polar surface area (TPSA) is 32.3 Å². The largest absolute Gasteiger partial charge is 0.384 e. The van der Waals surface area contributed by atoms with E-state index in [4.69, 9.17) is 0 Å². The minimum atomic E-state index is -0.809. The molecular weight excluding hydrogens is 217 g/mol. The van der Waals surface area contributed by atoms with Gasteiger partial charge >= 0.3 is 0 Å². The van der Waals surface area contributed by atoms with Crippen LogP contribution in [0.1, 0.15) is 31.2 Å². The molecule has 0 aromatic heterocycles. The number of hydrogen-bond acceptors (Lipinski definition) is 2. The van der Waals surface area contributed by atoms with Crippen LogP contribution in [0.25, 0.3) is 0 Å². The molecule has 2 nitrogen and oxygen atoms in total. The normalized spacial score (nSPS) is 23.4. The molecule has 92 valence electrons. The lowest BCUT2D eigenvalue weighted by Gasteiger charge is -2.29. The summed E-state index contributed by atoms with van der Waals surface area (Å²) >= 11 is 0. The van der Waals surface area contributed by atoms with Crippen LogP contribution in [0.2, 0.25) is 0 Å². The monoisotopic (exact) mass is 235 g/mol. The standard InChI is InChI=1S/C14H18FNO/c15-12-5-3-11(4-6-12)14(17,10-1-2-10)9-16-13-7-8-13/h3-6,10,13,16-17H,1-2,7-9H2. The molecule has 1 unspecified atom stereocenters. The second-order valence-corrected chi connectivity index (χ2v) is 5.36. The van der Waals surface area contributed by atoms with Crippen LogP contribution in [0, 0.1) is 11.7 Å². The third-order valence-electron chi connectivity index (χ3n) is 3.83. The molecule has 1 aromatic carbocycles. The summed E-state index contributed by atoms with van der Waals surface area (Å²) in [6.07, 6.45) is 4.56. The minimum Gasteiger partial charge on any atom is -0.384 e. The van der Waals surface area contributed by atoms with Crippen LogP contribution in [0.4, 0.5) is 4.39 Å². The third-order valence-corrected chi connectivity index (χ3v) is 3.83. The van der Waals surface area contributed by atoms with Crippen molar-refractivity contribution in [1.82, 2.24) is 5.32 Å². The van der Waals surface area contributed by atoms with Crippen LogP contribution < -0.4 is 5.32 Å². The van der Waals surface area contributed by atoms with Crippen molar-refractivity contribution >= 4 is 0 Å². The Hall–Kier alpha value is -0.930. The van der Waals surface area contributed by atoms with E-state index in [1.807, 2.05) is 0 Å². The van der Waals surface area contributed by atoms with Gasteiger partial charge in [0.2, 0.25) is 0 Å². The van der Waals surface area contributed by atoms with Crippen LogP contribution in [-0.2, 0) is 5.60 Å². The molecule has 0 bridgehead atoms. The van der Waals surface area contributed by atoms with E-state index in [0.717, 1.165) is 18.4 Å². The van der Waals surface area contributed by atoms with Crippen molar-refractivity contribution in [3.05, 3.63) is 35.6 Å². The Labute approximate surface area is 101 Å². The van der Waals surface area contributed by atoms with Gasteiger partial charge in [0, 0.05) is 12.6 Å². The maximum atomic E-state index is 12.9. The maximum absolute atomic E-state index is 12.9. The molecule has 0 spiro atoms. The summed E-state index contributed by atoms with van der Waals surface area (Å²) in [5.74, 6) is 0.0845. The molecule has 0 amide bonds. The molecule has 1 aromatic rings. The zero-order valence-corrected chi connectivity index (χ0v) is 9.82. The first-order chi connectivity index (χ1) is 8.18. The number of benzene rings is 1. The lowest BCUT2D eigenvalue weighted by molar-refractivity contribution is 0.0131. The molecule has 2 N–H and O–H groups in total. The number of rotatable bonds is 5. The van der Waals surface area contributed by atoms with Crippen molar-refractivity contribution in [3.63, 3.8) is 0 Å². The predicted octanol–water partition coefficient (Wildman–Crippen LogP) is 2.18. The first kappa shape index (κ1) is 11.2. The van der Waals surface area contributed by atoms with Gasteiger partial charge in [-0.25, -0.2) is 4.39 Å². The molecule has 17 heavy (non-hydrogen) atoms. The van der Waals surface area contributed by atoms with Gasteiger partial charge in [0.15, 0.2) is 0 Å². The summed E-state index contributed by atoms with van der Waals surface area (Å²) in [4.78, 5) is 0. The van der Waals surface area contributed by atoms with Gasteiger partial charge in [0.1, 0.15) is 11.4 Å². The highest BCUT2D eigenvalue weighted by Gasteiger charge is 2.45. The van der Waals surface area contributed by atoms with Gasteiger partial charge < -0.3 is 10.4 Å². The van der Waals surface area contributed by atoms with E-state index in [1.165, 1.54) is 25.0 Å². The van der Waals surface area contributed by atoms with E-state index in [1.54, 1.807) is 12.1 Å². The highest BCUT2D eigenvalue weighted by Crippen LogP contribution is 2.45. The predicted molar refractivity (Wildman–Crippen MR) is 64.0 cm³/mol. The van der Waals surface area contributed by atoms with E-state index in [9.17, 15) is 9.50 Å². The summed E-state index contributed by atoms with van der Waals surface area (Å²) in [5, 5.41) is 14.2. The summed E-state index contributed by atoms with van der Waals surface area (Å²) in [7, 11) is 0. The number of aliphatic hydroxyl groups is 1. The van der Waals surface area contributed by atoms with Gasteiger partial charge in [0.05, 0.1) is 0 Å². The number of nitrogens with one attached hydrogen (secondary N) is 1. The van der Waals surface area contributed by atoms with Crippen LogP contribution in [0.3, 0.4) is 0 Å². The molecule has 2 saturated carbocycles. The van der Waals surface area contributed by atoms with E-state index in [2.05, 4.69) is 5.32 Å². The summed E-state index contributed by atoms with van der Waals surface area (Å²) in [5.41, 5.74) is 0.0329. The first-order valence-corrected chi connectivity index (χ1v) is 6.40. The van der Waals surface area contributed by atoms with Crippen LogP contribution in [0.15, 0.2) is 24.3 Å². The van der Waals surface area contributed by atoms with E-state index >= 15 is 0 Å². The Bertz CT molecular complexity index is 397. The lowest BCUT2D eigenvalue weighted by Crippen LogP contribution is -2.41. The summed E-state index contributed by atoms with van der Waals surface area (Å²) in [6.45, 7) is 0.591. The molecule has 3 heteroatoms. The number of hydrogen-bond donors (Lipinski definition) is 2. The molecule has 0 radical (unpaired) electrons. The fourth-order valence-corrected chi connectivity index (χ4v) is 2.37.